The molecule has 0 aromatic heterocycles. The van der Waals surface area contributed by atoms with Crippen molar-refractivity contribution < 1.29 is 4.39 Å². The fourth-order valence-corrected chi connectivity index (χ4v) is 3.50. The molecule has 1 saturated heterocycles. The molecule has 4 heteroatoms. The monoisotopic (exact) mass is 282 g/mol. The van der Waals surface area contributed by atoms with Crippen LogP contribution in [0.2, 0.25) is 5.02 Å². The zero-order valence-electron chi connectivity index (χ0n) is 11.0. The van der Waals surface area contributed by atoms with Crippen molar-refractivity contribution >= 4 is 11.6 Å². The fourth-order valence-electron chi connectivity index (χ4n) is 3.34. The van der Waals surface area contributed by atoms with Gasteiger partial charge >= 0.3 is 0 Å². The molecule has 0 spiro atoms. The van der Waals surface area contributed by atoms with Crippen molar-refractivity contribution in [2.45, 2.75) is 37.8 Å². The van der Waals surface area contributed by atoms with Gasteiger partial charge in [0.25, 0.3) is 0 Å². The predicted octanol–water partition coefficient (Wildman–Crippen LogP) is 3.35. The molecule has 1 aliphatic heterocycles. The molecule has 0 radical (unpaired) electrons. The third-order valence-electron chi connectivity index (χ3n) is 4.39. The molecular weight excluding hydrogens is 263 g/mol. The Bertz CT molecular complexity index is 461. The van der Waals surface area contributed by atoms with E-state index in [0.29, 0.717) is 23.5 Å². The van der Waals surface area contributed by atoms with Crippen LogP contribution in [0.3, 0.4) is 0 Å². The highest BCUT2D eigenvalue weighted by Gasteiger charge is 2.40. The van der Waals surface area contributed by atoms with Gasteiger partial charge in [-0.05, 0) is 56.8 Å². The smallest absolute Gasteiger partial charge is 0.129 e. The first-order valence-electron chi connectivity index (χ1n) is 7.11. The zero-order chi connectivity index (χ0) is 13.4. The normalized spacial score (nSPS) is 28.6. The molecule has 1 saturated carbocycles. The summed E-state index contributed by atoms with van der Waals surface area (Å²) in [6, 6.07) is 5.81. The number of piperidine rings is 1. The summed E-state index contributed by atoms with van der Waals surface area (Å²) >= 11 is 5.86. The number of hydrogen-bond acceptors (Lipinski definition) is 2. The van der Waals surface area contributed by atoms with Crippen LogP contribution in [-0.4, -0.2) is 24.0 Å². The van der Waals surface area contributed by atoms with Gasteiger partial charge in [-0.2, -0.15) is 0 Å². The van der Waals surface area contributed by atoms with Gasteiger partial charge in [0.2, 0.25) is 0 Å². The van der Waals surface area contributed by atoms with Crippen molar-refractivity contribution in [3.63, 3.8) is 0 Å². The number of nitrogens with two attached hydrogens (primary N) is 1. The Kier molecular flexibility index (Phi) is 3.79. The van der Waals surface area contributed by atoms with Crippen molar-refractivity contribution in [2.75, 3.05) is 13.1 Å². The minimum absolute atomic E-state index is 0.128. The lowest BCUT2D eigenvalue weighted by molar-refractivity contribution is 0.0853. The van der Waals surface area contributed by atoms with Crippen molar-refractivity contribution in [3.05, 3.63) is 34.6 Å². The lowest BCUT2D eigenvalue weighted by atomic mass is 9.84. The standard InChI is InChI=1S/C15H20ClFN2/c16-11-3-6-13(14(17)8-11)15-10(9-18)2-1-7-19(15)12-4-5-12/h3,6,8,10,12,15H,1-2,4-5,7,9,18H2. The topological polar surface area (TPSA) is 29.3 Å². The van der Waals surface area contributed by atoms with Crippen LogP contribution in [0, 0.1) is 11.7 Å². The third kappa shape index (κ3) is 2.64. The molecule has 2 nitrogen and oxygen atoms in total. The summed E-state index contributed by atoms with van der Waals surface area (Å²) in [7, 11) is 0. The van der Waals surface area contributed by atoms with Crippen LogP contribution in [-0.2, 0) is 0 Å². The van der Waals surface area contributed by atoms with Crippen LogP contribution < -0.4 is 5.73 Å². The van der Waals surface area contributed by atoms with E-state index in [2.05, 4.69) is 4.90 Å². The lowest BCUT2D eigenvalue weighted by Gasteiger charge is -2.41. The Morgan fingerprint density at radius 1 is 1.32 bits per heavy atom. The van der Waals surface area contributed by atoms with Gasteiger partial charge in [0.1, 0.15) is 5.82 Å². The number of hydrogen-bond donors (Lipinski definition) is 1. The molecule has 3 rings (SSSR count). The molecule has 2 unspecified atom stereocenters. The van der Waals surface area contributed by atoms with E-state index in [1.807, 2.05) is 6.07 Å². The average molecular weight is 283 g/mol. The molecule has 2 atom stereocenters. The summed E-state index contributed by atoms with van der Waals surface area (Å²) < 4.78 is 14.2. The first-order valence-corrected chi connectivity index (χ1v) is 7.49. The van der Waals surface area contributed by atoms with Gasteiger partial charge in [-0.3, -0.25) is 4.90 Å². The molecule has 0 bridgehead atoms. The van der Waals surface area contributed by atoms with Gasteiger partial charge in [0.05, 0.1) is 0 Å². The van der Waals surface area contributed by atoms with E-state index in [9.17, 15) is 4.39 Å². The van der Waals surface area contributed by atoms with Crippen molar-refractivity contribution in [2.24, 2.45) is 11.7 Å². The van der Waals surface area contributed by atoms with E-state index < -0.39 is 0 Å². The molecular formula is C15H20ClFN2. The number of benzene rings is 1. The minimum Gasteiger partial charge on any atom is -0.330 e. The molecule has 19 heavy (non-hydrogen) atoms. The second kappa shape index (κ2) is 5.39. The molecule has 1 aliphatic carbocycles. The molecule has 0 amide bonds. The molecule has 2 aliphatic rings. The molecule has 1 aromatic carbocycles. The number of rotatable bonds is 3. The molecule has 104 valence electrons. The van der Waals surface area contributed by atoms with Crippen LogP contribution in [0.1, 0.15) is 37.3 Å². The third-order valence-corrected chi connectivity index (χ3v) is 4.63. The van der Waals surface area contributed by atoms with E-state index >= 15 is 0 Å². The van der Waals surface area contributed by atoms with Crippen molar-refractivity contribution in [3.8, 4) is 0 Å². The SMILES string of the molecule is NCC1CCCN(C2CC2)C1c1ccc(Cl)cc1F. The van der Waals surface area contributed by atoms with Gasteiger partial charge in [-0.25, -0.2) is 4.39 Å². The maximum atomic E-state index is 14.2. The van der Waals surface area contributed by atoms with Crippen molar-refractivity contribution in [1.29, 1.82) is 0 Å². The minimum atomic E-state index is -0.191. The van der Waals surface area contributed by atoms with Crippen LogP contribution in [0.4, 0.5) is 4.39 Å². The predicted molar refractivity (Wildman–Crippen MR) is 75.7 cm³/mol. The summed E-state index contributed by atoms with van der Waals surface area (Å²) in [4.78, 5) is 2.47. The molecule has 1 aromatic rings. The molecule has 1 heterocycles. The summed E-state index contributed by atoms with van der Waals surface area (Å²) in [6.07, 6.45) is 4.74. The van der Waals surface area contributed by atoms with Gasteiger partial charge < -0.3 is 5.73 Å². The van der Waals surface area contributed by atoms with E-state index in [0.717, 1.165) is 18.5 Å². The van der Waals surface area contributed by atoms with Gasteiger partial charge in [0.15, 0.2) is 0 Å². The highest BCUT2D eigenvalue weighted by molar-refractivity contribution is 6.30. The highest BCUT2D eigenvalue weighted by atomic mass is 35.5. The van der Waals surface area contributed by atoms with Gasteiger partial charge in [-0.15, -0.1) is 0 Å². The maximum absolute atomic E-state index is 14.2. The van der Waals surface area contributed by atoms with Crippen LogP contribution in [0.25, 0.3) is 0 Å². The first kappa shape index (κ1) is 13.3. The van der Waals surface area contributed by atoms with Crippen LogP contribution >= 0.6 is 11.6 Å². The van der Waals surface area contributed by atoms with E-state index in [4.69, 9.17) is 17.3 Å². The largest absolute Gasteiger partial charge is 0.330 e. The Balaban J connectivity index is 1.95. The van der Waals surface area contributed by atoms with E-state index in [1.54, 1.807) is 6.07 Å². The number of likely N-dealkylation sites (tertiary alicyclic amines) is 1. The summed E-state index contributed by atoms with van der Waals surface area (Å²) in [5.41, 5.74) is 6.69. The van der Waals surface area contributed by atoms with Gasteiger partial charge in [0, 0.05) is 22.7 Å². The maximum Gasteiger partial charge on any atom is 0.129 e. The van der Waals surface area contributed by atoms with Crippen molar-refractivity contribution in [1.82, 2.24) is 4.90 Å². The Morgan fingerprint density at radius 2 is 2.11 bits per heavy atom. The summed E-state index contributed by atoms with van der Waals surface area (Å²) in [6.45, 7) is 1.68. The molecule has 2 N–H and O–H groups in total. The summed E-state index contributed by atoms with van der Waals surface area (Å²) in [5.74, 6) is 0.161. The highest BCUT2D eigenvalue weighted by Crippen LogP contribution is 2.43. The molecule has 2 fully saturated rings. The van der Waals surface area contributed by atoms with E-state index in [-0.39, 0.29) is 11.9 Å². The summed E-state index contributed by atoms with van der Waals surface area (Å²) in [5, 5.41) is 0.458. The fraction of sp³-hybridized carbons (Fsp3) is 0.600. The first-order chi connectivity index (χ1) is 9.20. The average Bonchev–Trinajstić information content (AvgIpc) is 3.22. The Hall–Kier alpha value is -0.640. The number of halogens is 2. The number of nitrogens with zero attached hydrogens (tertiary/aromatic N) is 1. The Morgan fingerprint density at radius 3 is 2.74 bits per heavy atom. The Labute approximate surface area is 118 Å². The lowest BCUT2D eigenvalue weighted by Crippen LogP contribution is -2.43. The zero-order valence-corrected chi connectivity index (χ0v) is 11.7. The quantitative estimate of drug-likeness (QED) is 0.921. The van der Waals surface area contributed by atoms with Crippen LogP contribution in [0.5, 0.6) is 0 Å². The van der Waals surface area contributed by atoms with Crippen LogP contribution in [0.15, 0.2) is 18.2 Å². The van der Waals surface area contributed by atoms with E-state index in [1.165, 1.54) is 25.3 Å². The van der Waals surface area contributed by atoms with Gasteiger partial charge in [-0.1, -0.05) is 17.7 Å². The second-order valence-corrected chi connectivity index (χ2v) is 6.15. The second-order valence-electron chi connectivity index (χ2n) is 5.72.